The molecule has 6 heteroatoms. The van der Waals surface area contributed by atoms with Crippen molar-refractivity contribution in [2.45, 2.75) is 77.3 Å². The van der Waals surface area contributed by atoms with Gasteiger partial charge in [-0.1, -0.05) is 58.3 Å². The van der Waals surface area contributed by atoms with Crippen molar-refractivity contribution in [3.63, 3.8) is 0 Å². The molecule has 2 rings (SSSR count). The fourth-order valence-corrected chi connectivity index (χ4v) is 3.79. The lowest BCUT2D eigenvalue weighted by atomic mass is 9.78. The predicted octanol–water partition coefficient (Wildman–Crippen LogP) is 6.92. The molecular weight excluding hydrogens is 360 g/mol. The molecule has 0 N–H and O–H groups in total. The minimum Gasteiger partial charge on any atom is -0.426 e. The van der Waals surface area contributed by atoms with E-state index in [0.717, 1.165) is 24.8 Å². The Hall–Kier alpha value is -1.59. The van der Waals surface area contributed by atoms with Crippen molar-refractivity contribution < 1.29 is 27.1 Å². The highest BCUT2D eigenvalue weighted by Crippen LogP contribution is 2.35. The monoisotopic (exact) mass is 388 g/mol. The lowest BCUT2D eigenvalue weighted by molar-refractivity contribution is -0.140. The number of hydrogen-bond donors (Lipinski definition) is 0. The molecule has 1 aromatic carbocycles. The topological polar surface area (TPSA) is 26.3 Å². The number of carbonyl (C=O) groups is 1. The van der Waals surface area contributed by atoms with Crippen LogP contribution in [0.1, 0.15) is 76.7 Å². The van der Waals surface area contributed by atoms with Gasteiger partial charge in [0.2, 0.25) is 0 Å². The summed E-state index contributed by atoms with van der Waals surface area (Å²) in [5.74, 6) is -0.863. The maximum Gasteiger partial charge on any atom is 0.419 e. The van der Waals surface area contributed by atoms with Crippen molar-refractivity contribution >= 4 is 5.97 Å². The van der Waals surface area contributed by atoms with Crippen LogP contribution in [0.25, 0.3) is 0 Å². The van der Waals surface area contributed by atoms with Crippen LogP contribution >= 0.6 is 0 Å². The molecule has 1 aromatic rings. The van der Waals surface area contributed by atoms with Gasteiger partial charge in [0.1, 0.15) is 11.6 Å². The van der Waals surface area contributed by atoms with Gasteiger partial charge >= 0.3 is 12.1 Å². The van der Waals surface area contributed by atoms with Gasteiger partial charge in [-0.3, -0.25) is 4.79 Å². The quantitative estimate of drug-likeness (QED) is 0.209. The number of esters is 1. The number of rotatable bonds is 8. The molecule has 0 radical (unpaired) electrons. The highest BCUT2D eigenvalue weighted by Gasteiger charge is 2.34. The Morgan fingerprint density at radius 2 is 1.70 bits per heavy atom. The first-order valence-electron chi connectivity index (χ1n) is 9.87. The fraction of sp³-hybridized carbons (Fsp3) is 0.667. The van der Waals surface area contributed by atoms with Crippen LogP contribution < -0.4 is 4.74 Å². The molecule has 1 aliphatic carbocycles. The van der Waals surface area contributed by atoms with Crippen molar-refractivity contribution in [3.8, 4) is 5.75 Å². The highest BCUT2D eigenvalue weighted by atomic mass is 19.4. The number of carbonyl (C=O) groups excluding carboxylic acids is 1. The van der Waals surface area contributed by atoms with Gasteiger partial charge < -0.3 is 4.74 Å². The highest BCUT2D eigenvalue weighted by molar-refractivity contribution is 5.72. The second-order valence-corrected chi connectivity index (χ2v) is 7.53. The summed E-state index contributed by atoms with van der Waals surface area (Å²) in [5, 5.41) is 0. The minimum atomic E-state index is -4.76. The van der Waals surface area contributed by atoms with E-state index < -0.39 is 23.5 Å². The molecule has 0 saturated heterocycles. The molecule has 2 nitrogen and oxygen atoms in total. The first-order chi connectivity index (χ1) is 12.8. The molecule has 1 fully saturated rings. The second kappa shape index (κ2) is 10.1. The van der Waals surface area contributed by atoms with E-state index in [0.29, 0.717) is 24.5 Å². The first kappa shape index (κ1) is 21.7. The Morgan fingerprint density at radius 3 is 2.26 bits per heavy atom. The summed E-state index contributed by atoms with van der Waals surface area (Å²) in [6.45, 7) is 2.20. The average molecular weight is 388 g/mol. The van der Waals surface area contributed by atoms with Gasteiger partial charge in [0.05, 0.1) is 5.56 Å². The van der Waals surface area contributed by atoms with Crippen molar-refractivity contribution in [2.75, 3.05) is 0 Å². The molecule has 0 bridgehead atoms. The average Bonchev–Trinajstić information content (AvgIpc) is 2.60. The summed E-state index contributed by atoms with van der Waals surface area (Å²) in [6.07, 6.45) is 5.89. The van der Waals surface area contributed by atoms with Gasteiger partial charge in [-0.05, 0) is 30.4 Å². The molecule has 0 heterocycles. The zero-order chi connectivity index (χ0) is 19.9. The predicted molar refractivity (Wildman–Crippen MR) is 95.9 cm³/mol. The summed E-state index contributed by atoms with van der Waals surface area (Å²) >= 11 is 0. The zero-order valence-electron chi connectivity index (χ0n) is 15.8. The maximum atomic E-state index is 13.5. The lowest BCUT2D eigenvalue weighted by Gasteiger charge is -2.28. The normalized spacial score (nSPS) is 20.5. The van der Waals surface area contributed by atoms with Gasteiger partial charge in [0, 0.05) is 12.5 Å². The largest absolute Gasteiger partial charge is 0.426 e. The maximum absolute atomic E-state index is 13.5. The van der Waals surface area contributed by atoms with E-state index in [4.69, 9.17) is 4.74 Å². The molecule has 0 amide bonds. The molecule has 152 valence electrons. The van der Waals surface area contributed by atoms with Gasteiger partial charge in [-0.25, -0.2) is 4.39 Å². The molecule has 1 saturated carbocycles. The van der Waals surface area contributed by atoms with E-state index in [9.17, 15) is 22.4 Å². The van der Waals surface area contributed by atoms with Crippen LogP contribution in [0, 0.1) is 17.7 Å². The van der Waals surface area contributed by atoms with Crippen LogP contribution in [0.5, 0.6) is 5.75 Å². The number of alkyl halides is 3. The van der Waals surface area contributed by atoms with Crippen LogP contribution in [-0.4, -0.2) is 5.97 Å². The van der Waals surface area contributed by atoms with E-state index in [1.165, 1.54) is 38.5 Å². The third-order valence-corrected chi connectivity index (χ3v) is 5.42. The number of hydrogen-bond acceptors (Lipinski definition) is 2. The molecule has 0 spiro atoms. The molecule has 27 heavy (non-hydrogen) atoms. The lowest BCUT2D eigenvalue weighted by Crippen LogP contribution is -2.17. The minimum absolute atomic E-state index is 0.190. The Balaban J connectivity index is 1.72. The van der Waals surface area contributed by atoms with Crippen LogP contribution in [-0.2, 0) is 11.0 Å². The molecule has 0 aromatic heterocycles. The molecule has 1 aliphatic rings. The van der Waals surface area contributed by atoms with Crippen molar-refractivity contribution in [3.05, 3.63) is 29.6 Å². The third-order valence-electron chi connectivity index (χ3n) is 5.42. The van der Waals surface area contributed by atoms with Gasteiger partial charge in [0.15, 0.2) is 0 Å². The standard InChI is InChI=1S/C21H28F4O2/c1-2-3-4-5-15-6-8-16(9-7-15)10-13-20(26)27-17-11-12-18(19(22)14-17)21(23,24)25/h11-12,14-16H,2-10,13H2,1H3. The Kier molecular flexibility index (Phi) is 8.11. The van der Waals surface area contributed by atoms with Crippen molar-refractivity contribution in [1.29, 1.82) is 0 Å². The van der Waals surface area contributed by atoms with E-state index in [2.05, 4.69) is 6.92 Å². The van der Waals surface area contributed by atoms with Crippen molar-refractivity contribution in [1.82, 2.24) is 0 Å². The van der Waals surface area contributed by atoms with Crippen LogP contribution in [0.4, 0.5) is 17.6 Å². The molecule has 0 atom stereocenters. The van der Waals surface area contributed by atoms with Crippen LogP contribution in [0.15, 0.2) is 18.2 Å². The SMILES string of the molecule is CCCCCC1CCC(CCC(=O)Oc2ccc(C(F)(F)F)c(F)c2)CC1. The number of unbranched alkanes of at least 4 members (excludes halogenated alkanes) is 2. The van der Waals surface area contributed by atoms with Crippen LogP contribution in [0.2, 0.25) is 0 Å². The Morgan fingerprint density at radius 1 is 1.07 bits per heavy atom. The van der Waals surface area contributed by atoms with Gasteiger partial charge in [-0.2, -0.15) is 13.2 Å². The molecular formula is C21H28F4O2. The second-order valence-electron chi connectivity index (χ2n) is 7.53. The van der Waals surface area contributed by atoms with Crippen LogP contribution in [0.3, 0.4) is 0 Å². The number of ether oxygens (including phenoxy) is 1. The summed E-state index contributed by atoms with van der Waals surface area (Å²) < 4.78 is 56.1. The van der Waals surface area contributed by atoms with Gasteiger partial charge in [0.25, 0.3) is 0 Å². The zero-order valence-corrected chi connectivity index (χ0v) is 15.8. The van der Waals surface area contributed by atoms with E-state index in [-0.39, 0.29) is 12.2 Å². The summed E-state index contributed by atoms with van der Waals surface area (Å²) in [4.78, 5) is 11.9. The van der Waals surface area contributed by atoms with E-state index in [1.54, 1.807) is 0 Å². The third kappa shape index (κ3) is 7.15. The summed E-state index contributed by atoms with van der Waals surface area (Å²) in [5.41, 5.74) is -1.36. The fourth-order valence-electron chi connectivity index (χ4n) is 3.79. The first-order valence-corrected chi connectivity index (χ1v) is 9.87. The molecule has 0 unspecified atom stereocenters. The molecule has 0 aliphatic heterocycles. The Labute approximate surface area is 158 Å². The smallest absolute Gasteiger partial charge is 0.419 e. The number of benzene rings is 1. The van der Waals surface area contributed by atoms with Gasteiger partial charge in [-0.15, -0.1) is 0 Å². The van der Waals surface area contributed by atoms with E-state index in [1.807, 2.05) is 0 Å². The Bertz CT molecular complexity index is 605. The summed E-state index contributed by atoms with van der Waals surface area (Å²) in [7, 11) is 0. The van der Waals surface area contributed by atoms with Crippen molar-refractivity contribution in [2.24, 2.45) is 11.8 Å². The number of halogens is 4. The van der Waals surface area contributed by atoms with E-state index >= 15 is 0 Å². The summed E-state index contributed by atoms with van der Waals surface area (Å²) in [6, 6.07) is 2.19.